The molecule has 0 bridgehead atoms. The topological polar surface area (TPSA) is 52.3 Å². The van der Waals surface area contributed by atoms with Crippen molar-refractivity contribution in [1.29, 1.82) is 0 Å². The van der Waals surface area contributed by atoms with Crippen molar-refractivity contribution < 1.29 is 9.53 Å². The van der Waals surface area contributed by atoms with Crippen LogP contribution < -0.4 is 5.73 Å². The van der Waals surface area contributed by atoms with Gasteiger partial charge in [-0.1, -0.05) is 0 Å². The molecule has 1 rings (SSSR count). The molecule has 0 aliphatic carbocycles. The number of carbonyl (C=O) groups excluding carboxylic acids is 1. The normalized spacial score (nSPS) is 32.3. The Bertz CT molecular complexity index is 142. The van der Waals surface area contributed by atoms with Gasteiger partial charge in [0.25, 0.3) is 0 Å². The van der Waals surface area contributed by atoms with Crippen LogP contribution in [0.2, 0.25) is 0 Å². The van der Waals surface area contributed by atoms with Crippen LogP contribution in [0.5, 0.6) is 0 Å². The fraction of sp³-hybridized carbons (Fsp3) is 0.833. The maximum atomic E-state index is 10.6. The Morgan fingerprint density at radius 2 is 2.33 bits per heavy atom. The van der Waals surface area contributed by atoms with Crippen molar-refractivity contribution in [2.75, 3.05) is 0 Å². The Labute approximate surface area is 54.2 Å². The van der Waals surface area contributed by atoms with E-state index in [9.17, 15) is 4.79 Å². The number of nitrogens with two attached hydrogens (primary N) is 1. The molecule has 1 saturated heterocycles. The second-order valence-corrected chi connectivity index (χ2v) is 2.89. The van der Waals surface area contributed by atoms with Gasteiger partial charge in [0.1, 0.15) is 5.60 Å². The lowest BCUT2D eigenvalue weighted by atomic mass is 10.0. The van der Waals surface area contributed by atoms with E-state index in [1.807, 2.05) is 13.8 Å². The quantitative estimate of drug-likeness (QED) is 0.470. The summed E-state index contributed by atoms with van der Waals surface area (Å²) in [6.07, 6.45) is 0.354. The van der Waals surface area contributed by atoms with Crippen LogP contribution in [0.25, 0.3) is 0 Å². The number of hydrogen-bond donors (Lipinski definition) is 1. The summed E-state index contributed by atoms with van der Waals surface area (Å²) in [5.41, 5.74) is 5.11. The van der Waals surface area contributed by atoms with E-state index in [0.717, 1.165) is 0 Å². The van der Waals surface area contributed by atoms with Gasteiger partial charge in [-0.2, -0.15) is 0 Å². The highest BCUT2D eigenvalue weighted by Crippen LogP contribution is 2.23. The molecule has 9 heavy (non-hydrogen) atoms. The highest BCUT2D eigenvalue weighted by atomic mass is 16.6. The van der Waals surface area contributed by atoms with E-state index in [-0.39, 0.29) is 12.0 Å². The molecule has 0 amide bonds. The molecule has 52 valence electrons. The fourth-order valence-corrected chi connectivity index (χ4v) is 0.836. The first-order valence-electron chi connectivity index (χ1n) is 3.00. The molecule has 0 aromatic heterocycles. The van der Waals surface area contributed by atoms with Crippen LogP contribution in [0, 0.1) is 0 Å². The number of ether oxygens (including phenoxy) is 1. The van der Waals surface area contributed by atoms with E-state index in [1.165, 1.54) is 0 Å². The van der Waals surface area contributed by atoms with Crippen LogP contribution in [0.15, 0.2) is 0 Å². The van der Waals surface area contributed by atoms with E-state index in [0.29, 0.717) is 6.42 Å². The monoisotopic (exact) mass is 129 g/mol. The third-order valence-electron chi connectivity index (χ3n) is 1.66. The first-order valence-corrected chi connectivity index (χ1v) is 3.00. The number of cyclic esters (lactones) is 1. The molecule has 1 aliphatic heterocycles. The molecule has 0 saturated carbocycles. The first kappa shape index (κ1) is 6.55. The van der Waals surface area contributed by atoms with Crippen molar-refractivity contribution in [2.45, 2.75) is 31.9 Å². The van der Waals surface area contributed by atoms with Crippen molar-refractivity contribution in [3.05, 3.63) is 0 Å². The molecule has 1 heterocycles. The lowest BCUT2D eigenvalue weighted by Gasteiger charge is -2.20. The molecule has 0 aromatic rings. The van der Waals surface area contributed by atoms with Gasteiger partial charge < -0.3 is 10.5 Å². The molecule has 3 heteroatoms. The first-order chi connectivity index (χ1) is 4.02. The Morgan fingerprint density at radius 1 is 1.78 bits per heavy atom. The van der Waals surface area contributed by atoms with Gasteiger partial charge in [-0.05, 0) is 13.8 Å². The lowest BCUT2D eigenvalue weighted by Crippen LogP contribution is -2.38. The summed E-state index contributed by atoms with van der Waals surface area (Å²) in [6.45, 7) is 3.64. The van der Waals surface area contributed by atoms with Crippen LogP contribution >= 0.6 is 0 Å². The minimum atomic E-state index is -0.447. The van der Waals surface area contributed by atoms with E-state index < -0.39 is 5.60 Å². The third kappa shape index (κ3) is 1.05. The van der Waals surface area contributed by atoms with E-state index >= 15 is 0 Å². The van der Waals surface area contributed by atoms with Crippen molar-refractivity contribution in [2.24, 2.45) is 5.73 Å². The van der Waals surface area contributed by atoms with Gasteiger partial charge in [0.15, 0.2) is 0 Å². The molecule has 1 fully saturated rings. The average Bonchev–Trinajstić information content (AvgIpc) is 1.79. The van der Waals surface area contributed by atoms with E-state index in [1.54, 1.807) is 0 Å². The zero-order valence-corrected chi connectivity index (χ0v) is 5.68. The van der Waals surface area contributed by atoms with Gasteiger partial charge in [-0.3, -0.25) is 4.79 Å². The van der Waals surface area contributed by atoms with Crippen molar-refractivity contribution in [3.8, 4) is 0 Å². The highest BCUT2D eigenvalue weighted by Gasteiger charge is 2.38. The molecule has 0 aromatic carbocycles. The molecule has 3 nitrogen and oxygen atoms in total. The minimum Gasteiger partial charge on any atom is -0.458 e. The van der Waals surface area contributed by atoms with E-state index in [2.05, 4.69) is 0 Å². The van der Waals surface area contributed by atoms with Crippen LogP contribution in [0.4, 0.5) is 0 Å². The van der Waals surface area contributed by atoms with Gasteiger partial charge in [0.2, 0.25) is 0 Å². The predicted octanol–water partition coefficient (Wildman–Crippen LogP) is 0.0392. The molecular weight excluding hydrogens is 118 g/mol. The van der Waals surface area contributed by atoms with E-state index in [4.69, 9.17) is 10.5 Å². The Morgan fingerprint density at radius 3 is 2.44 bits per heavy atom. The highest BCUT2D eigenvalue weighted by molar-refractivity contribution is 5.73. The summed E-state index contributed by atoms with van der Waals surface area (Å²) >= 11 is 0. The molecule has 1 atom stereocenters. The average molecular weight is 129 g/mol. The summed E-state index contributed by atoms with van der Waals surface area (Å²) in [5, 5.41) is 0. The zero-order chi connectivity index (χ0) is 7.07. The third-order valence-corrected chi connectivity index (χ3v) is 1.66. The Kier molecular flexibility index (Phi) is 1.24. The second kappa shape index (κ2) is 1.70. The maximum Gasteiger partial charge on any atom is 0.308 e. The number of carbonyl (C=O) groups is 1. The Balaban J connectivity index is 2.69. The summed E-state index contributed by atoms with van der Waals surface area (Å²) in [5.74, 6) is -0.187. The largest absolute Gasteiger partial charge is 0.458 e. The van der Waals surface area contributed by atoms with Crippen molar-refractivity contribution in [3.63, 3.8) is 0 Å². The van der Waals surface area contributed by atoms with Gasteiger partial charge in [0.05, 0.1) is 12.5 Å². The predicted molar refractivity (Wildman–Crippen MR) is 32.8 cm³/mol. The molecule has 2 N–H and O–H groups in total. The molecule has 0 unspecified atom stereocenters. The standard InChI is InChI=1S/C6H11NO2/c1-6(2)4(7)3-5(8)9-6/h4H,3,7H2,1-2H3/t4-/m0/s1. The van der Waals surface area contributed by atoms with Crippen molar-refractivity contribution in [1.82, 2.24) is 0 Å². The number of rotatable bonds is 0. The summed E-state index contributed by atoms with van der Waals surface area (Å²) in [7, 11) is 0. The minimum absolute atomic E-state index is 0.134. The molecule has 1 aliphatic rings. The Hall–Kier alpha value is -0.570. The van der Waals surface area contributed by atoms with Crippen LogP contribution in [-0.4, -0.2) is 17.6 Å². The molecule has 0 spiro atoms. The van der Waals surface area contributed by atoms with Crippen LogP contribution in [-0.2, 0) is 9.53 Å². The smallest absolute Gasteiger partial charge is 0.308 e. The number of hydrogen-bond acceptors (Lipinski definition) is 3. The summed E-state index contributed by atoms with van der Waals surface area (Å²) in [4.78, 5) is 10.6. The van der Waals surface area contributed by atoms with Gasteiger partial charge in [-0.15, -0.1) is 0 Å². The maximum absolute atomic E-state index is 10.6. The fourth-order valence-electron chi connectivity index (χ4n) is 0.836. The van der Waals surface area contributed by atoms with Crippen molar-refractivity contribution >= 4 is 5.97 Å². The molecular formula is C6H11NO2. The van der Waals surface area contributed by atoms with Gasteiger partial charge in [0, 0.05) is 0 Å². The summed E-state index contributed by atoms with van der Waals surface area (Å²) < 4.78 is 4.90. The second-order valence-electron chi connectivity index (χ2n) is 2.89. The molecule has 0 radical (unpaired) electrons. The van der Waals surface area contributed by atoms with Crippen LogP contribution in [0.3, 0.4) is 0 Å². The lowest BCUT2D eigenvalue weighted by molar-refractivity contribution is -0.146. The zero-order valence-electron chi connectivity index (χ0n) is 5.68. The van der Waals surface area contributed by atoms with Gasteiger partial charge >= 0.3 is 5.97 Å². The number of esters is 1. The van der Waals surface area contributed by atoms with Crippen LogP contribution in [0.1, 0.15) is 20.3 Å². The summed E-state index contributed by atoms with van der Waals surface area (Å²) in [6, 6.07) is -0.134. The SMILES string of the molecule is CC1(C)OC(=O)C[C@@H]1N. The van der Waals surface area contributed by atoms with Gasteiger partial charge in [-0.25, -0.2) is 0 Å².